The van der Waals surface area contributed by atoms with Crippen LogP contribution in [0.4, 0.5) is 10.7 Å². The van der Waals surface area contributed by atoms with Crippen molar-refractivity contribution in [1.29, 1.82) is 0 Å². The van der Waals surface area contributed by atoms with Gasteiger partial charge < -0.3 is 4.42 Å². The van der Waals surface area contributed by atoms with Crippen LogP contribution in [0.2, 0.25) is 0 Å². The lowest BCUT2D eigenvalue weighted by molar-refractivity contribution is -0.402. The fourth-order valence-corrected chi connectivity index (χ4v) is 1.59. The van der Waals surface area contributed by atoms with Crippen LogP contribution in [0.1, 0.15) is 5.76 Å². The molecule has 1 aliphatic rings. The molecule has 0 unspecified atom stereocenters. The molecule has 2 rings (SSSR count). The predicted molar refractivity (Wildman–Crippen MR) is 65.9 cm³/mol. The SMILES string of the molecule is O=C1CN(/N=C/c2ccc([N+](=O)[O-])o2)C(=O)N1I. The van der Waals surface area contributed by atoms with E-state index in [0.29, 0.717) is 0 Å². The van der Waals surface area contributed by atoms with E-state index in [2.05, 4.69) is 5.10 Å². The van der Waals surface area contributed by atoms with Crippen LogP contribution in [0.15, 0.2) is 21.7 Å². The molecule has 1 saturated heterocycles. The molecular formula is C8H5IN4O5. The molecule has 0 atom stereocenters. The predicted octanol–water partition coefficient (Wildman–Crippen LogP) is 1.14. The van der Waals surface area contributed by atoms with E-state index in [0.717, 1.165) is 14.3 Å². The van der Waals surface area contributed by atoms with Crippen molar-refractivity contribution in [2.45, 2.75) is 0 Å². The number of carbonyl (C=O) groups is 2. The molecule has 2 heterocycles. The molecule has 3 amide bonds. The van der Waals surface area contributed by atoms with Crippen LogP contribution in [-0.2, 0) is 4.79 Å². The van der Waals surface area contributed by atoms with Gasteiger partial charge in [-0.25, -0.2) is 9.80 Å². The Morgan fingerprint density at radius 1 is 1.50 bits per heavy atom. The quantitative estimate of drug-likeness (QED) is 0.200. The second-order valence-electron chi connectivity index (χ2n) is 3.19. The summed E-state index contributed by atoms with van der Waals surface area (Å²) in [7, 11) is 0. The number of hydrogen-bond acceptors (Lipinski definition) is 6. The Balaban J connectivity index is 2.09. The highest BCUT2D eigenvalue weighted by molar-refractivity contribution is 14.1. The summed E-state index contributed by atoms with van der Waals surface area (Å²) in [5, 5.41) is 15.0. The molecule has 1 fully saturated rings. The van der Waals surface area contributed by atoms with Crippen molar-refractivity contribution in [3.05, 3.63) is 28.0 Å². The van der Waals surface area contributed by atoms with Crippen molar-refractivity contribution < 1.29 is 18.9 Å². The van der Waals surface area contributed by atoms with Crippen LogP contribution < -0.4 is 0 Å². The number of rotatable bonds is 3. The van der Waals surface area contributed by atoms with Crippen LogP contribution in [0.5, 0.6) is 0 Å². The lowest BCUT2D eigenvalue weighted by Gasteiger charge is -2.05. The molecule has 0 radical (unpaired) electrons. The van der Waals surface area contributed by atoms with Gasteiger partial charge in [0.1, 0.15) is 11.5 Å². The number of imide groups is 1. The van der Waals surface area contributed by atoms with Crippen molar-refractivity contribution in [3.8, 4) is 0 Å². The second kappa shape index (κ2) is 4.72. The molecule has 18 heavy (non-hydrogen) atoms. The monoisotopic (exact) mass is 364 g/mol. The second-order valence-corrected chi connectivity index (χ2v) is 4.16. The molecule has 0 spiro atoms. The van der Waals surface area contributed by atoms with Gasteiger partial charge in [-0.3, -0.25) is 14.9 Å². The standard InChI is InChI=1S/C8H5IN4O5/c9-12-6(14)4-11(8(12)15)10-3-5-1-2-7(18-5)13(16)17/h1-3H,4H2/b10-3+. The zero-order valence-corrected chi connectivity index (χ0v) is 10.8. The van der Waals surface area contributed by atoms with E-state index in [1.54, 1.807) is 22.9 Å². The summed E-state index contributed by atoms with van der Waals surface area (Å²) >= 11 is 1.57. The molecule has 1 aromatic heterocycles. The minimum atomic E-state index is -0.686. The smallest absolute Gasteiger partial charge is 0.400 e. The Kier molecular flexibility index (Phi) is 3.27. The van der Waals surface area contributed by atoms with Gasteiger partial charge in [-0.05, 0) is 6.07 Å². The molecule has 0 aliphatic carbocycles. The topological polar surface area (TPSA) is 109 Å². The number of hydrogen-bond donors (Lipinski definition) is 0. The van der Waals surface area contributed by atoms with Crippen molar-refractivity contribution in [1.82, 2.24) is 8.12 Å². The lowest BCUT2D eigenvalue weighted by atomic mass is 10.5. The average Bonchev–Trinajstić information content (AvgIpc) is 2.88. The molecule has 1 aromatic rings. The first-order valence-electron chi connectivity index (χ1n) is 4.57. The summed E-state index contributed by atoms with van der Waals surface area (Å²) < 4.78 is 5.71. The van der Waals surface area contributed by atoms with Crippen molar-refractivity contribution >= 4 is 46.9 Å². The van der Waals surface area contributed by atoms with Gasteiger partial charge in [-0.1, -0.05) is 0 Å². The zero-order valence-electron chi connectivity index (χ0n) is 8.65. The number of urea groups is 1. The third kappa shape index (κ3) is 2.32. The fourth-order valence-electron chi connectivity index (χ4n) is 1.19. The van der Waals surface area contributed by atoms with Crippen LogP contribution in [-0.4, -0.2) is 37.7 Å². The normalized spacial score (nSPS) is 16.1. The van der Waals surface area contributed by atoms with Gasteiger partial charge in [0.15, 0.2) is 5.76 Å². The Hall–Kier alpha value is -1.98. The minimum Gasteiger partial charge on any atom is -0.400 e. The van der Waals surface area contributed by atoms with Crippen LogP contribution in [0.3, 0.4) is 0 Å². The molecular weight excluding hydrogens is 359 g/mol. The molecule has 0 bridgehead atoms. The van der Waals surface area contributed by atoms with Gasteiger partial charge in [-0.2, -0.15) is 8.21 Å². The van der Waals surface area contributed by atoms with E-state index in [-0.39, 0.29) is 18.2 Å². The number of nitro groups is 1. The van der Waals surface area contributed by atoms with Crippen molar-refractivity contribution in [2.75, 3.05) is 6.54 Å². The van der Waals surface area contributed by atoms with Gasteiger partial charge >= 0.3 is 11.9 Å². The van der Waals surface area contributed by atoms with E-state index in [9.17, 15) is 19.7 Å². The van der Waals surface area contributed by atoms with Gasteiger partial charge in [0.25, 0.3) is 5.91 Å². The molecule has 0 aromatic carbocycles. The van der Waals surface area contributed by atoms with E-state index in [1.165, 1.54) is 12.1 Å². The van der Waals surface area contributed by atoms with E-state index >= 15 is 0 Å². The molecule has 9 nitrogen and oxygen atoms in total. The van der Waals surface area contributed by atoms with E-state index < -0.39 is 16.8 Å². The number of furan rings is 1. The largest absolute Gasteiger partial charge is 0.433 e. The Labute approximate surface area is 114 Å². The fraction of sp³-hybridized carbons (Fsp3) is 0.125. The van der Waals surface area contributed by atoms with Crippen LogP contribution in [0, 0.1) is 10.1 Å². The number of carbonyl (C=O) groups excluding carboxylic acids is 2. The van der Waals surface area contributed by atoms with Crippen LogP contribution in [0.25, 0.3) is 0 Å². The van der Waals surface area contributed by atoms with E-state index in [1.807, 2.05) is 0 Å². The highest BCUT2D eigenvalue weighted by Gasteiger charge is 2.34. The van der Waals surface area contributed by atoms with Crippen LogP contribution >= 0.6 is 22.9 Å². The molecule has 1 aliphatic heterocycles. The zero-order chi connectivity index (χ0) is 13.3. The summed E-state index contributed by atoms with van der Waals surface area (Å²) in [6.45, 7) is -0.166. The average molecular weight is 364 g/mol. The number of amides is 3. The third-order valence-corrected chi connectivity index (χ3v) is 2.96. The number of hydrazone groups is 1. The highest BCUT2D eigenvalue weighted by atomic mass is 127. The summed E-state index contributed by atoms with van der Waals surface area (Å²) in [5.41, 5.74) is 0. The first-order chi connectivity index (χ1) is 8.49. The Bertz CT molecular complexity index is 553. The summed E-state index contributed by atoms with van der Waals surface area (Å²) in [4.78, 5) is 32.3. The van der Waals surface area contributed by atoms with Crippen molar-refractivity contribution in [3.63, 3.8) is 0 Å². The molecule has 94 valence electrons. The van der Waals surface area contributed by atoms with Gasteiger partial charge in [0, 0.05) is 0 Å². The Morgan fingerprint density at radius 3 is 2.72 bits per heavy atom. The van der Waals surface area contributed by atoms with Crippen molar-refractivity contribution in [2.24, 2.45) is 5.10 Å². The van der Waals surface area contributed by atoms with Gasteiger partial charge in [0.2, 0.25) is 0 Å². The minimum absolute atomic E-state index is 0.119. The van der Waals surface area contributed by atoms with Gasteiger partial charge in [-0.15, -0.1) is 0 Å². The Morgan fingerprint density at radius 2 is 2.22 bits per heavy atom. The number of halogens is 1. The maximum absolute atomic E-state index is 11.4. The first-order valence-corrected chi connectivity index (χ1v) is 5.54. The number of nitrogens with zero attached hydrogens (tertiary/aromatic N) is 4. The highest BCUT2D eigenvalue weighted by Crippen LogP contribution is 2.16. The molecule has 0 N–H and O–H groups in total. The first kappa shape index (κ1) is 12.5. The molecule has 0 saturated carbocycles. The maximum Gasteiger partial charge on any atom is 0.433 e. The summed E-state index contributed by atoms with van der Waals surface area (Å²) in [6.07, 6.45) is 1.13. The van der Waals surface area contributed by atoms with E-state index in [4.69, 9.17) is 4.42 Å². The van der Waals surface area contributed by atoms with Gasteiger partial charge in [0.05, 0.1) is 35.1 Å². The molecule has 10 heteroatoms. The lowest BCUT2D eigenvalue weighted by Crippen LogP contribution is -2.22. The summed E-state index contributed by atoms with van der Waals surface area (Å²) in [5.74, 6) is -0.687. The summed E-state index contributed by atoms with van der Waals surface area (Å²) in [6, 6.07) is 1.94. The third-order valence-electron chi connectivity index (χ3n) is 2.01. The maximum atomic E-state index is 11.4.